The number of aryl methyl sites for hydroxylation is 1. The zero-order chi connectivity index (χ0) is 27.0. The van der Waals surface area contributed by atoms with Crippen molar-refractivity contribution in [3.8, 4) is 17.1 Å². The van der Waals surface area contributed by atoms with Crippen LogP contribution in [0.5, 0.6) is 5.75 Å². The number of anilines is 1. The lowest BCUT2D eigenvalue weighted by molar-refractivity contribution is -0.0980. The van der Waals surface area contributed by atoms with Crippen molar-refractivity contribution in [2.24, 2.45) is 0 Å². The number of halogens is 2. The number of rotatable bonds is 4. The van der Waals surface area contributed by atoms with Gasteiger partial charge in [0, 0.05) is 50.4 Å². The van der Waals surface area contributed by atoms with Crippen LogP contribution in [0.15, 0.2) is 60.8 Å². The number of nitrogens with zero attached hydrogens (tertiary/aromatic N) is 4. The van der Waals surface area contributed by atoms with Crippen LogP contribution in [0.1, 0.15) is 25.0 Å². The second-order valence-electron chi connectivity index (χ2n) is 8.92. The van der Waals surface area contributed by atoms with Crippen LogP contribution < -0.4 is 4.90 Å². The number of H-pyrrole nitrogens is 1. The van der Waals surface area contributed by atoms with Gasteiger partial charge in [-0.15, -0.1) is 0 Å². The van der Waals surface area contributed by atoms with Crippen LogP contribution in [0.25, 0.3) is 22.4 Å². The van der Waals surface area contributed by atoms with Crippen molar-refractivity contribution < 1.29 is 18.7 Å². The highest BCUT2D eigenvalue weighted by molar-refractivity contribution is 5.80. The average molecular weight is 510 g/mol. The molecule has 196 valence electrons. The molecule has 1 aliphatic heterocycles. The summed E-state index contributed by atoms with van der Waals surface area (Å²) >= 11 is 0. The Hall–Kier alpha value is -3.85. The first-order valence-electron chi connectivity index (χ1n) is 12.1. The number of pyridine rings is 1. The highest BCUT2D eigenvalue weighted by Gasteiger charge is 2.24. The van der Waals surface area contributed by atoms with Crippen molar-refractivity contribution in [3.05, 3.63) is 71.9 Å². The number of fused-ring (bicyclic) bond motifs is 1. The first-order valence-corrected chi connectivity index (χ1v) is 12.1. The van der Waals surface area contributed by atoms with Crippen LogP contribution in [-0.2, 0) is 17.1 Å². The summed E-state index contributed by atoms with van der Waals surface area (Å²) in [5, 5.41) is 8.94. The Bertz CT molecular complexity index is 1280. The van der Waals surface area contributed by atoms with Crippen LogP contribution in [0, 0.1) is 0 Å². The maximum atomic E-state index is 13.5. The Morgan fingerprint density at radius 3 is 2.35 bits per heavy atom. The summed E-state index contributed by atoms with van der Waals surface area (Å²) in [5.74, 6) is -0.931. The second kappa shape index (κ2) is 12.4. The molecule has 9 heteroatoms. The van der Waals surface area contributed by atoms with Gasteiger partial charge in [-0.3, -0.25) is 0 Å². The van der Waals surface area contributed by atoms with E-state index in [1.54, 1.807) is 24.4 Å². The molecule has 2 N–H and O–H groups in total. The fraction of sp³-hybridized carbons (Fsp3) is 0.321. The summed E-state index contributed by atoms with van der Waals surface area (Å²) in [4.78, 5) is 24.7. The molecule has 0 unspecified atom stereocenters. The van der Waals surface area contributed by atoms with Gasteiger partial charge in [0.25, 0.3) is 5.92 Å². The van der Waals surface area contributed by atoms with Crippen LogP contribution >= 0.6 is 0 Å². The van der Waals surface area contributed by atoms with Crippen molar-refractivity contribution in [3.63, 3.8) is 0 Å². The van der Waals surface area contributed by atoms with Crippen molar-refractivity contribution >= 4 is 23.6 Å². The Morgan fingerprint density at radius 2 is 1.78 bits per heavy atom. The average Bonchev–Trinajstić information content (AvgIpc) is 3.34. The molecule has 0 spiro atoms. The predicted octanol–water partition coefficient (Wildman–Crippen LogP) is 5.26. The molecule has 1 fully saturated rings. The lowest BCUT2D eigenvalue weighted by Crippen LogP contribution is -2.44. The standard InChI is InChI=1S/C19H21F2N5.C8H10O.CH2O/c1-19(20,21)14-4-5-15-16(11-14)24-18(23-15)13-3-6-17(22-12-13)26-9-7-25(2)8-10-26;1-2-7-4-3-5-8(9)6-7;1-2/h3-6,11-12H,7-10H2,1-2H3,(H,23,24);3-6,9H,2H2,1H3;1H2. The van der Waals surface area contributed by atoms with Crippen molar-refractivity contribution in [1.29, 1.82) is 0 Å². The van der Waals surface area contributed by atoms with E-state index >= 15 is 0 Å². The summed E-state index contributed by atoms with van der Waals surface area (Å²) in [6.07, 6.45) is 2.76. The molecule has 2 aromatic heterocycles. The molecular weight excluding hydrogens is 476 g/mol. The number of aromatic amines is 1. The highest BCUT2D eigenvalue weighted by Crippen LogP contribution is 2.30. The largest absolute Gasteiger partial charge is 0.508 e. The Morgan fingerprint density at radius 1 is 1.05 bits per heavy atom. The van der Waals surface area contributed by atoms with E-state index in [0.717, 1.165) is 50.9 Å². The second-order valence-corrected chi connectivity index (χ2v) is 8.92. The third-order valence-corrected chi connectivity index (χ3v) is 6.16. The minimum Gasteiger partial charge on any atom is -0.508 e. The van der Waals surface area contributed by atoms with Crippen molar-refractivity contribution in [2.75, 3.05) is 38.1 Å². The number of carbonyl (C=O) groups is 1. The number of phenols is 1. The Labute approximate surface area is 215 Å². The topological polar surface area (TPSA) is 85.4 Å². The number of aromatic hydroxyl groups is 1. The van der Waals surface area contributed by atoms with Gasteiger partial charge in [-0.1, -0.05) is 25.1 Å². The lowest BCUT2D eigenvalue weighted by atomic mass is 10.1. The molecule has 1 aliphatic rings. The van der Waals surface area contributed by atoms with Crippen LogP contribution in [0.3, 0.4) is 0 Å². The highest BCUT2D eigenvalue weighted by atomic mass is 19.3. The number of phenolic OH excluding ortho intramolecular Hbond substituents is 1. The van der Waals surface area contributed by atoms with E-state index in [-0.39, 0.29) is 5.56 Å². The number of imidazole rings is 1. The number of nitrogens with one attached hydrogen (secondary N) is 1. The number of benzene rings is 2. The minimum atomic E-state index is -2.87. The van der Waals surface area contributed by atoms with E-state index in [4.69, 9.17) is 9.90 Å². The number of hydrogen-bond acceptors (Lipinski definition) is 6. The van der Waals surface area contributed by atoms with Crippen molar-refractivity contribution in [2.45, 2.75) is 26.2 Å². The van der Waals surface area contributed by atoms with Gasteiger partial charge in [0.1, 0.15) is 24.2 Å². The summed E-state index contributed by atoms with van der Waals surface area (Å²) < 4.78 is 27.0. The fourth-order valence-corrected chi connectivity index (χ4v) is 3.94. The molecule has 0 atom stereocenters. The summed E-state index contributed by atoms with van der Waals surface area (Å²) in [6, 6.07) is 15.8. The van der Waals surface area contributed by atoms with Gasteiger partial charge in [-0.2, -0.15) is 0 Å². The van der Waals surface area contributed by atoms with Gasteiger partial charge in [-0.25, -0.2) is 18.7 Å². The number of alkyl halides is 2. The van der Waals surface area contributed by atoms with E-state index in [1.807, 2.05) is 31.1 Å². The zero-order valence-electron chi connectivity index (χ0n) is 21.4. The van der Waals surface area contributed by atoms with E-state index in [2.05, 4.69) is 38.7 Å². The van der Waals surface area contributed by atoms with Gasteiger partial charge in [0.15, 0.2) is 0 Å². The summed E-state index contributed by atoms with van der Waals surface area (Å²) in [7, 11) is 2.12. The van der Waals surface area contributed by atoms with E-state index in [9.17, 15) is 8.78 Å². The number of aromatic nitrogens is 3. The van der Waals surface area contributed by atoms with Gasteiger partial charge in [0.2, 0.25) is 0 Å². The normalized spacial score (nSPS) is 13.9. The number of hydrogen-bond donors (Lipinski definition) is 2. The molecule has 1 saturated heterocycles. The molecule has 0 aliphatic carbocycles. The molecule has 7 nitrogen and oxygen atoms in total. The molecular formula is C28H33F2N5O2. The number of piperazine rings is 1. The maximum Gasteiger partial charge on any atom is 0.270 e. The molecule has 0 saturated carbocycles. The Kier molecular flexibility index (Phi) is 9.30. The molecule has 0 amide bonds. The lowest BCUT2D eigenvalue weighted by Gasteiger charge is -2.33. The first-order chi connectivity index (χ1) is 17.7. The smallest absolute Gasteiger partial charge is 0.270 e. The number of likely N-dealkylation sites (N-methyl/N-ethyl adjacent to an activating group) is 1. The van der Waals surface area contributed by atoms with Crippen LogP contribution in [0.4, 0.5) is 14.6 Å². The Balaban J connectivity index is 0.000000291. The van der Waals surface area contributed by atoms with Gasteiger partial charge >= 0.3 is 0 Å². The molecule has 3 heterocycles. The predicted molar refractivity (Wildman–Crippen MR) is 143 cm³/mol. The number of carbonyl (C=O) groups excluding carboxylic acids is 1. The van der Waals surface area contributed by atoms with E-state index in [0.29, 0.717) is 22.6 Å². The third kappa shape index (κ3) is 7.33. The van der Waals surface area contributed by atoms with Gasteiger partial charge in [0.05, 0.1) is 11.0 Å². The zero-order valence-corrected chi connectivity index (χ0v) is 21.4. The van der Waals surface area contributed by atoms with E-state index < -0.39 is 5.92 Å². The van der Waals surface area contributed by atoms with E-state index in [1.165, 1.54) is 17.7 Å². The minimum absolute atomic E-state index is 0.0243. The first kappa shape index (κ1) is 27.7. The monoisotopic (exact) mass is 509 g/mol. The van der Waals surface area contributed by atoms with Crippen LogP contribution in [-0.4, -0.2) is 65.0 Å². The summed E-state index contributed by atoms with van der Waals surface area (Å²) in [6.45, 7) is 8.93. The SMILES string of the molecule is C=O.CCc1cccc(O)c1.CN1CCN(c2ccc(-c3nc4ccc(C(C)(F)F)cc4[nH]3)cn2)CC1. The maximum absolute atomic E-state index is 13.5. The van der Waals surface area contributed by atoms with Gasteiger partial charge in [-0.05, 0) is 55.4 Å². The van der Waals surface area contributed by atoms with Crippen molar-refractivity contribution in [1.82, 2.24) is 19.9 Å². The fourth-order valence-electron chi connectivity index (χ4n) is 3.94. The molecule has 2 aromatic carbocycles. The molecule has 37 heavy (non-hydrogen) atoms. The molecule has 0 radical (unpaired) electrons. The molecule has 4 aromatic rings. The third-order valence-electron chi connectivity index (χ3n) is 6.16. The van der Waals surface area contributed by atoms with Gasteiger partial charge < -0.3 is 24.7 Å². The summed E-state index contributed by atoms with van der Waals surface area (Å²) in [5.41, 5.74) is 3.25. The molecule has 5 rings (SSSR count). The van der Waals surface area contributed by atoms with Crippen LogP contribution in [0.2, 0.25) is 0 Å². The quantitative estimate of drug-likeness (QED) is 0.391. The molecule has 0 bridgehead atoms.